The topological polar surface area (TPSA) is 29.5 Å². The number of ether oxygens (including phenoxy) is 1. The van der Waals surface area contributed by atoms with Crippen LogP contribution >= 0.6 is 0 Å². The minimum Gasteiger partial charge on any atom is -0.465 e. The standard InChI is InChI=1S/C15H21NO2/c1-3-18-14(17)15(9-11-16(2)12-10-15)13-7-5-4-6-8-13/h4-8H,3,9-12H2,1-2H3/i1D3,2D3,3D2,4D,5D,6D,7D,8D,9D2,10D2,11D2,12D2. The highest BCUT2D eigenvalue weighted by Crippen LogP contribution is 2.36. The summed E-state index contributed by atoms with van der Waals surface area (Å²) in [6.07, 6.45) is -8.95. The van der Waals surface area contributed by atoms with Gasteiger partial charge in [0.2, 0.25) is 0 Å². The molecule has 0 unspecified atom stereocenters. The number of benzene rings is 1. The number of carbonyl (C=O) groups excluding carboxylic acids is 1. The monoisotopic (exact) mass is 268 g/mol. The van der Waals surface area contributed by atoms with Gasteiger partial charge in [-0.25, -0.2) is 0 Å². The molecule has 0 N–H and O–H groups in total. The van der Waals surface area contributed by atoms with Crippen molar-refractivity contribution in [2.75, 3.05) is 26.5 Å². The lowest BCUT2D eigenvalue weighted by Gasteiger charge is -2.38. The predicted octanol–water partition coefficient (Wildman–Crippen LogP) is 2.21. The van der Waals surface area contributed by atoms with E-state index >= 15 is 0 Å². The lowest BCUT2D eigenvalue weighted by Crippen LogP contribution is -2.47. The third-order valence-corrected chi connectivity index (χ3v) is 2.04. The molecule has 98 valence electrons. The van der Waals surface area contributed by atoms with Crippen LogP contribution in [0.2, 0.25) is 0 Å². The second kappa shape index (κ2) is 5.53. The molecule has 1 aliphatic heterocycles. The molecular formula is C15H21NO2. The van der Waals surface area contributed by atoms with Gasteiger partial charge in [0.15, 0.2) is 0 Å². The van der Waals surface area contributed by atoms with Crippen molar-refractivity contribution in [2.45, 2.75) is 25.0 Å². The molecule has 0 aromatic heterocycles. The quantitative estimate of drug-likeness (QED) is 0.787. The summed E-state index contributed by atoms with van der Waals surface area (Å²) < 4.78 is 172. The first kappa shape index (κ1) is 2.73. The van der Waals surface area contributed by atoms with Gasteiger partial charge in [0, 0.05) is 19.2 Å². The van der Waals surface area contributed by atoms with Crippen LogP contribution < -0.4 is 0 Å². The van der Waals surface area contributed by atoms with Crippen LogP contribution in [0.1, 0.15) is 53.9 Å². The molecule has 1 aromatic carbocycles. The molecule has 1 heterocycles. The SMILES string of the molecule is [2H]c1c([2H])c([2H])c(C2(C(=O)OC([2H])([2H])C([2H])([2H])[2H])C([2H])([2H])C([2H])([2H])N(C([2H])([2H])[2H])C([2H])([2H])C2([2H])[2H])c([2H])c1[2H]. The van der Waals surface area contributed by atoms with E-state index in [2.05, 4.69) is 4.74 Å². The summed E-state index contributed by atoms with van der Waals surface area (Å²) in [5.41, 5.74) is -6.21. The van der Waals surface area contributed by atoms with Gasteiger partial charge in [-0.3, -0.25) is 4.79 Å². The van der Waals surface area contributed by atoms with Crippen molar-refractivity contribution >= 4 is 5.97 Å². The highest BCUT2D eigenvalue weighted by Gasteiger charge is 2.43. The van der Waals surface area contributed by atoms with E-state index in [1.165, 1.54) is 0 Å². The molecule has 18 heavy (non-hydrogen) atoms. The molecule has 0 aliphatic carbocycles. The fraction of sp³-hybridized carbons (Fsp3) is 0.533. The Morgan fingerprint density at radius 3 is 2.89 bits per heavy atom. The predicted molar refractivity (Wildman–Crippen MR) is 71.5 cm³/mol. The lowest BCUT2D eigenvalue weighted by molar-refractivity contribution is -0.152. The van der Waals surface area contributed by atoms with Crippen LogP contribution in [0.4, 0.5) is 0 Å². The van der Waals surface area contributed by atoms with Gasteiger partial charge in [0.1, 0.15) is 0 Å². The summed E-state index contributed by atoms with van der Waals surface area (Å²) in [4.78, 5) is 12.9. The summed E-state index contributed by atoms with van der Waals surface area (Å²) in [7, 11) is 0. The molecule has 0 radical (unpaired) electrons. The molecule has 0 bridgehead atoms. The fourth-order valence-corrected chi connectivity index (χ4v) is 1.23. The van der Waals surface area contributed by atoms with Crippen LogP contribution in [0, 0.1) is 0 Å². The molecule has 0 amide bonds. The maximum atomic E-state index is 13.7. The largest absolute Gasteiger partial charge is 0.465 e. The Morgan fingerprint density at radius 1 is 1.56 bits per heavy atom. The van der Waals surface area contributed by atoms with Gasteiger partial charge >= 0.3 is 5.97 Å². The van der Waals surface area contributed by atoms with E-state index < -0.39 is 98.2 Å². The van der Waals surface area contributed by atoms with E-state index in [1.54, 1.807) is 0 Å². The molecular weight excluding hydrogens is 226 g/mol. The van der Waals surface area contributed by atoms with Crippen molar-refractivity contribution < 1.29 is 38.3 Å². The Kier molecular flexibility index (Phi) is 0.838. The second-order valence-electron chi connectivity index (χ2n) is 3.05. The minimum atomic E-state index is -4.47. The normalized spacial score (nSPS) is 49.9. The molecule has 1 aromatic rings. The third kappa shape index (κ3) is 2.41. The van der Waals surface area contributed by atoms with E-state index in [4.69, 9.17) is 28.8 Å². The summed E-state index contributed by atoms with van der Waals surface area (Å²) in [6, 6.07) is -7.00. The molecule has 3 heteroatoms. The van der Waals surface area contributed by atoms with Crippen molar-refractivity contribution in [3.63, 3.8) is 0 Å². The maximum absolute atomic E-state index is 13.7. The van der Waals surface area contributed by atoms with Crippen molar-refractivity contribution in [1.82, 2.24) is 4.90 Å². The minimum absolute atomic E-state index is 0.855. The van der Waals surface area contributed by atoms with E-state index in [0.29, 0.717) is 0 Å². The van der Waals surface area contributed by atoms with Gasteiger partial charge in [-0.15, -0.1) is 0 Å². The molecule has 0 atom stereocenters. The highest BCUT2D eigenvalue weighted by atomic mass is 16.5. The Balaban J connectivity index is 3.34. The van der Waals surface area contributed by atoms with E-state index in [1.807, 2.05) is 0 Å². The van der Waals surface area contributed by atoms with E-state index in [0.717, 1.165) is 0 Å². The zero-order valence-electron chi connectivity index (χ0n) is 29.8. The van der Waals surface area contributed by atoms with Crippen LogP contribution in [0.5, 0.6) is 0 Å². The van der Waals surface area contributed by atoms with Crippen molar-refractivity contribution in [1.29, 1.82) is 0 Å². The molecule has 0 spiro atoms. The average molecular weight is 268 g/mol. The van der Waals surface area contributed by atoms with Gasteiger partial charge < -0.3 is 9.64 Å². The average Bonchev–Trinajstić information content (AvgIpc) is 2.69. The highest BCUT2D eigenvalue weighted by molar-refractivity contribution is 5.83. The number of nitrogens with zero attached hydrogens (tertiary/aromatic N) is 1. The van der Waals surface area contributed by atoms with Gasteiger partial charge in [0.05, 0.1) is 21.6 Å². The van der Waals surface area contributed by atoms with Crippen LogP contribution in [-0.2, 0) is 14.9 Å². The Bertz CT molecular complexity index is 1120. The van der Waals surface area contributed by atoms with Crippen LogP contribution in [0.3, 0.4) is 0 Å². The van der Waals surface area contributed by atoms with E-state index in [-0.39, 0.29) is 0 Å². The van der Waals surface area contributed by atoms with Gasteiger partial charge in [0.25, 0.3) is 0 Å². The molecule has 1 aliphatic rings. The first-order chi connectivity index (χ1) is 16.9. The smallest absolute Gasteiger partial charge is 0.316 e. The van der Waals surface area contributed by atoms with Gasteiger partial charge in [-0.1, -0.05) is 30.2 Å². The van der Waals surface area contributed by atoms with E-state index in [9.17, 15) is 4.79 Å². The van der Waals surface area contributed by atoms with Crippen molar-refractivity contribution in [3.05, 3.63) is 35.8 Å². The molecule has 0 saturated carbocycles. The number of rotatable bonds is 3. The molecule has 1 fully saturated rings. The van der Waals surface area contributed by atoms with Crippen molar-refractivity contribution in [3.8, 4) is 0 Å². The van der Waals surface area contributed by atoms with Gasteiger partial charge in [-0.05, 0) is 45.1 Å². The number of piperidine rings is 1. The first-order valence-electron chi connectivity index (χ1n) is 15.0. The second-order valence-corrected chi connectivity index (χ2v) is 3.05. The molecule has 3 nitrogen and oxygen atoms in total. The fourth-order valence-electron chi connectivity index (χ4n) is 1.23. The number of hydrogen-bond donors (Lipinski definition) is 0. The van der Waals surface area contributed by atoms with Crippen LogP contribution in [-0.4, -0.2) is 37.4 Å². The first-order valence-corrected chi connectivity index (χ1v) is 4.53. The Hall–Kier alpha value is -1.35. The summed E-state index contributed by atoms with van der Waals surface area (Å²) in [6.45, 7) is -20.5. The van der Waals surface area contributed by atoms with Crippen LogP contribution in [0.25, 0.3) is 0 Å². The van der Waals surface area contributed by atoms with Crippen LogP contribution in [0.15, 0.2) is 30.2 Å². The zero-order chi connectivity index (χ0) is 31.3. The number of likely N-dealkylation sites (tertiary alicyclic amines) is 1. The summed E-state index contributed by atoms with van der Waals surface area (Å²) in [5.74, 6) is -2.71. The number of esters is 1. The van der Waals surface area contributed by atoms with Crippen molar-refractivity contribution in [2.24, 2.45) is 0 Å². The van der Waals surface area contributed by atoms with Gasteiger partial charge in [-0.2, -0.15) is 0 Å². The zero-order valence-corrected chi connectivity index (χ0v) is 8.76. The maximum Gasteiger partial charge on any atom is 0.316 e. The third-order valence-electron chi connectivity index (χ3n) is 2.04. The lowest BCUT2D eigenvalue weighted by atomic mass is 9.73. The summed E-state index contributed by atoms with van der Waals surface area (Å²) in [5, 5.41) is 0. The molecule has 1 saturated heterocycles. The Morgan fingerprint density at radius 2 is 2.28 bits per heavy atom. The Labute approximate surface area is 138 Å². The number of hydrogen-bond acceptors (Lipinski definition) is 3. The number of carbonyl (C=O) groups is 1. The molecule has 2 rings (SSSR count). The summed E-state index contributed by atoms with van der Waals surface area (Å²) >= 11 is 0.